The molecule has 0 bridgehead atoms. The standard InChI is InChI=1S/C23H40N4/c1-6-10-14-26(15-11-7-2)22-18-20(5)21(19-24)23(25-22)27(16-12-8-3)17-13-9-4/h18H,6-17H2,1-5H3. The Balaban J connectivity index is 3.28. The molecule has 152 valence electrons. The van der Waals surface area contributed by atoms with E-state index in [1.807, 2.05) is 0 Å². The molecule has 0 amide bonds. The molecule has 1 heterocycles. The molecule has 0 aliphatic heterocycles. The molecule has 0 atom stereocenters. The van der Waals surface area contributed by atoms with Crippen molar-refractivity contribution < 1.29 is 0 Å². The van der Waals surface area contributed by atoms with Crippen LogP contribution in [0.3, 0.4) is 0 Å². The predicted molar refractivity (Wildman–Crippen MR) is 118 cm³/mol. The van der Waals surface area contributed by atoms with Gasteiger partial charge in [-0.05, 0) is 44.2 Å². The van der Waals surface area contributed by atoms with Crippen molar-refractivity contribution in [1.29, 1.82) is 5.26 Å². The minimum atomic E-state index is 0.747. The van der Waals surface area contributed by atoms with Crippen LogP contribution in [0.5, 0.6) is 0 Å². The van der Waals surface area contributed by atoms with Gasteiger partial charge in [-0.15, -0.1) is 0 Å². The van der Waals surface area contributed by atoms with Crippen molar-refractivity contribution in [3.05, 3.63) is 17.2 Å². The molecule has 0 N–H and O–H groups in total. The third-order valence-corrected chi connectivity index (χ3v) is 5.05. The number of rotatable bonds is 14. The second-order valence-electron chi connectivity index (χ2n) is 7.50. The molecule has 4 heteroatoms. The van der Waals surface area contributed by atoms with Crippen LogP contribution in [0.1, 0.15) is 90.2 Å². The van der Waals surface area contributed by atoms with E-state index < -0.39 is 0 Å². The first-order chi connectivity index (χ1) is 13.1. The van der Waals surface area contributed by atoms with Gasteiger partial charge < -0.3 is 9.80 Å². The molecular formula is C23H40N4. The van der Waals surface area contributed by atoms with Crippen LogP contribution in [-0.4, -0.2) is 31.2 Å². The number of aryl methyl sites for hydroxylation is 1. The minimum Gasteiger partial charge on any atom is -0.357 e. The van der Waals surface area contributed by atoms with E-state index in [9.17, 15) is 5.26 Å². The third kappa shape index (κ3) is 7.40. The van der Waals surface area contributed by atoms with Crippen LogP contribution in [0.25, 0.3) is 0 Å². The lowest BCUT2D eigenvalue weighted by Gasteiger charge is -2.29. The van der Waals surface area contributed by atoms with Crippen LogP contribution < -0.4 is 9.80 Å². The monoisotopic (exact) mass is 372 g/mol. The fourth-order valence-electron chi connectivity index (χ4n) is 3.23. The highest BCUT2D eigenvalue weighted by Crippen LogP contribution is 2.27. The smallest absolute Gasteiger partial charge is 0.149 e. The van der Waals surface area contributed by atoms with E-state index in [1.54, 1.807) is 0 Å². The minimum absolute atomic E-state index is 0.747. The van der Waals surface area contributed by atoms with Crippen LogP contribution in [0, 0.1) is 18.3 Å². The number of nitriles is 1. The van der Waals surface area contributed by atoms with Gasteiger partial charge in [0.05, 0.1) is 5.56 Å². The summed E-state index contributed by atoms with van der Waals surface area (Å²) in [5.41, 5.74) is 1.80. The third-order valence-electron chi connectivity index (χ3n) is 5.05. The van der Waals surface area contributed by atoms with E-state index >= 15 is 0 Å². The lowest BCUT2D eigenvalue weighted by atomic mass is 10.1. The predicted octanol–water partition coefficient (Wildman–Crippen LogP) is 6.07. The highest BCUT2D eigenvalue weighted by molar-refractivity contribution is 5.62. The lowest BCUT2D eigenvalue weighted by Crippen LogP contribution is -2.30. The number of unbranched alkanes of at least 4 members (excludes halogenated alkanes) is 4. The number of nitrogens with zero attached hydrogens (tertiary/aromatic N) is 4. The Morgan fingerprint density at radius 3 is 1.67 bits per heavy atom. The molecule has 0 radical (unpaired) electrons. The van der Waals surface area contributed by atoms with Crippen molar-refractivity contribution in [2.45, 2.75) is 86.0 Å². The summed E-state index contributed by atoms with van der Waals surface area (Å²) in [6.07, 6.45) is 9.30. The topological polar surface area (TPSA) is 43.2 Å². The SMILES string of the molecule is CCCCN(CCCC)c1cc(C)c(C#N)c(N(CCCC)CCCC)n1. The summed E-state index contributed by atoms with van der Waals surface area (Å²) in [5.74, 6) is 1.94. The van der Waals surface area contributed by atoms with E-state index in [-0.39, 0.29) is 0 Å². The van der Waals surface area contributed by atoms with Gasteiger partial charge in [0.1, 0.15) is 17.7 Å². The molecule has 1 aromatic rings. The molecule has 4 nitrogen and oxygen atoms in total. The summed E-state index contributed by atoms with van der Waals surface area (Å²) in [5, 5.41) is 9.78. The van der Waals surface area contributed by atoms with Crippen LogP contribution in [0.4, 0.5) is 11.6 Å². The van der Waals surface area contributed by atoms with Gasteiger partial charge in [0.15, 0.2) is 0 Å². The molecule has 0 unspecified atom stereocenters. The molecule has 0 aromatic carbocycles. The van der Waals surface area contributed by atoms with E-state index in [0.29, 0.717) is 0 Å². The number of hydrogen-bond acceptors (Lipinski definition) is 4. The zero-order valence-electron chi connectivity index (χ0n) is 18.4. The van der Waals surface area contributed by atoms with E-state index in [4.69, 9.17) is 4.98 Å². The summed E-state index contributed by atoms with van der Waals surface area (Å²) in [7, 11) is 0. The van der Waals surface area contributed by atoms with E-state index in [0.717, 1.165) is 74.6 Å². The highest BCUT2D eigenvalue weighted by Gasteiger charge is 2.18. The lowest BCUT2D eigenvalue weighted by molar-refractivity contribution is 0.658. The Labute approximate surface area is 167 Å². The summed E-state index contributed by atoms with van der Waals surface area (Å²) >= 11 is 0. The van der Waals surface area contributed by atoms with Crippen LogP contribution in [-0.2, 0) is 0 Å². The molecule has 0 spiro atoms. The maximum atomic E-state index is 9.78. The van der Waals surface area contributed by atoms with Gasteiger partial charge in [-0.2, -0.15) is 5.26 Å². The molecule has 0 aliphatic carbocycles. The van der Waals surface area contributed by atoms with Crippen LogP contribution in [0.2, 0.25) is 0 Å². The zero-order valence-corrected chi connectivity index (χ0v) is 18.4. The molecule has 1 rings (SSSR count). The van der Waals surface area contributed by atoms with Gasteiger partial charge in [0, 0.05) is 26.2 Å². The van der Waals surface area contributed by atoms with Crippen molar-refractivity contribution in [2.24, 2.45) is 0 Å². The van der Waals surface area contributed by atoms with Crippen molar-refractivity contribution in [3.63, 3.8) is 0 Å². The number of anilines is 2. The summed E-state index contributed by atoms with van der Waals surface area (Å²) < 4.78 is 0. The van der Waals surface area contributed by atoms with Gasteiger partial charge in [-0.1, -0.05) is 53.4 Å². The Bertz CT molecular complexity index is 560. The first kappa shape index (κ1) is 23.3. The van der Waals surface area contributed by atoms with Gasteiger partial charge in [0.25, 0.3) is 0 Å². The maximum Gasteiger partial charge on any atom is 0.149 e. The molecule has 27 heavy (non-hydrogen) atoms. The summed E-state index contributed by atoms with van der Waals surface area (Å²) in [6.45, 7) is 15.0. The average molecular weight is 373 g/mol. The van der Waals surface area contributed by atoms with Crippen molar-refractivity contribution in [2.75, 3.05) is 36.0 Å². The fraction of sp³-hybridized carbons (Fsp3) is 0.739. The second-order valence-corrected chi connectivity index (χ2v) is 7.50. The first-order valence-electron chi connectivity index (χ1n) is 11.0. The van der Waals surface area contributed by atoms with Crippen molar-refractivity contribution >= 4 is 11.6 Å². The van der Waals surface area contributed by atoms with Gasteiger partial charge in [-0.25, -0.2) is 4.98 Å². The fourth-order valence-corrected chi connectivity index (χ4v) is 3.23. The molecule has 1 aromatic heterocycles. The zero-order chi connectivity index (χ0) is 20.1. The van der Waals surface area contributed by atoms with Crippen LogP contribution in [0.15, 0.2) is 6.07 Å². The number of hydrogen-bond donors (Lipinski definition) is 0. The Morgan fingerprint density at radius 1 is 0.815 bits per heavy atom. The number of pyridine rings is 1. The first-order valence-corrected chi connectivity index (χ1v) is 11.0. The van der Waals surface area contributed by atoms with Crippen LogP contribution >= 0.6 is 0 Å². The Hall–Kier alpha value is -1.76. The molecule has 0 aliphatic rings. The number of aromatic nitrogens is 1. The van der Waals surface area contributed by atoms with E-state index in [2.05, 4.69) is 56.6 Å². The summed E-state index contributed by atoms with van der Waals surface area (Å²) in [6, 6.07) is 4.54. The second kappa shape index (κ2) is 13.4. The molecular weight excluding hydrogens is 332 g/mol. The molecule has 0 fully saturated rings. The van der Waals surface area contributed by atoms with Gasteiger partial charge >= 0.3 is 0 Å². The van der Waals surface area contributed by atoms with E-state index in [1.165, 1.54) is 25.7 Å². The highest BCUT2D eigenvalue weighted by atomic mass is 15.2. The molecule has 0 saturated heterocycles. The average Bonchev–Trinajstić information content (AvgIpc) is 2.67. The maximum absolute atomic E-state index is 9.78. The quantitative estimate of drug-likeness (QED) is 0.397. The Kier molecular flexibility index (Phi) is 11.6. The normalized spacial score (nSPS) is 10.7. The van der Waals surface area contributed by atoms with Gasteiger partial charge in [-0.3, -0.25) is 0 Å². The van der Waals surface area contributed by atoms with Crippen molar-refractivity contribution in [3.8, 4) is 6.07 Å². The Morgan fingerprint density at radius 2 is 1.26 bits per heavy atom. The van der Waals surface area contributed by atoms with Gasteiger partial charge in [0.2, 0.25) is 0 Å². The largest absolute Gasteiger partial charge is 0.357 e. The molecule has 0 saturated carbocycles. The summed E-state index contributed by atoms with van der Waals surface area (Å²) in [4.78, 5) is 9.81. The van der Waals surface area contributed by atoms with Crippen molar-refractivity contribution in [1.82, 2.24) is 4.98 Å².